The molecule has 4 aromatic carbocycles. The summed E-state index contributed by atoms with van der Waals surface area (Å²) in [4.78, 5) is 0. The fourth-order valence-corrected chi connectivity index (χ4v) is 4.56. The van der Waals surface area contributed by atoms with Crippen LogP contribution in [0.25, 0.3) is 44.3 Å². The van der Waals surface area contributed by atoms with Crippen molar-refractivity contribution in [3.63, 3.8) is 0 Å². The van der Waals surface area contributed by atoms with Gasteiger partial charge >= 0.3 is 0 Å². The normalized spacial score (nSPS) is 11.1. The van der Waals surface area contributed by atoms with Crippen LogP contribution in [0.4, 0.5) is 0 Å². The largest absolute Gasteiger partial charge is 0.219 e. The van der Waals surface area contributed by atoms with Crippen molar-refractivity contribution in [2.45, 2.75) is 0 Å². The molecule has 0 spiro atoms. The van der Waals surface area contributed by atoms with E-state index in [4.69, 9.17) is 0 Å². The van der Waals surface area contributed by atoms with Gasteiger partial charge in [-0.05, 0) is 12.1 Å². The van der Waals surface area contributed by atoms with Crippen molar-refractivity contribution < 1.29 is 9.13 Å². The molecule has 0 amide bonds. The molecule has 0 radical (unpaired) electrons. The number of pyridine rings is 2. The van der Waals surface area contributed by atoms with E-state index in [1.807, 2.05) is 0 Å². The number of hydrogen-bond acceptors (Lipinski definition) is 0. The smallest absolute Gasteiger partial charge is 0.160 e. The molecule has 0 N–H and O–H groups in total. The van der Waals surface area contributed by atoms with Crippen LogP contribution in [0.3, 0.4) is 0 Å². The van der Waals surface area contributed by atoms with Crippen LogP contribution in [-0.4, -0.2) is 0 Å². The van der Waals surface area contributed by atoms with Gasteiger partial charge in [0, 0.05) is 59.7 Å². The second-order valence-electron chi connectivity index (χ2n) is 7.90. The predicted octanol–water partition coefficient (Wildman–Crippen LogP) is 6.21. The van der Waals surface area contributed by atoms with Crippen molar-refractivity contribution >= 4 is 21.8 Å². The Morgan fingerprint density at radius 2 is 0.719 bits per heavy atom. The molecule has 2 aromatic heterocycles. The summed E-state index contributed by atoms with van der Waals surface area (Å²) in [6.07, 6.45) is 4.36. The summed E-state index contributed by atoms with van der Waals surface area (Å²) in [6.45, 7) is 0. The third-order valence-electron chi connectivity index (χ3n) is 6.05. The third-order valence-corrected chi connectivity index (χ3v) is 6.05. The van der Waals surface area contributed by atoms with Crippen molar-refractivity contribution in [2.75, 3.05) is 0 Å². The van der Waals surface area contributed by atoms with E-state index >= 15 is 0 Å². The standard InChI is InChI=1S/C30H22N2/c1-3-11-23(12-4-1)31-21-19-25(27-15-7-9-17-29(27)31)26-20-22-32(24-13-5-2-6-14-24)30-18-10-8-16-28(26)30/h1-22H/q+2. The number of benzene rings is 4. The Morgan fingerprint density at radius 1 is 0.344 bits per heavy atom. The number of para-hydroxylation sites is 4. The highest BCUT2D eigenvalue weighted by atomic mass is 15.0. The molecular formula is C30H22N2+2. The highest BCUT2D eigenvalue weighted by Crippen LogP contribution is 2.32. The SMILES string of the molecule is c1ccc(-[n+]2ccc(-c3cc[n+](-c4ccccc4)c4ccccc34)c3ccccc32)cc1. The van der Waals surface area contributed by atoms with Crippen LogP contribution in [0.15, 0.2) is 134 Å². The fraction of sp³-hybridized carbons (Fsp3) is 0. The van der Waals surface area contributed by atoms with Gasteiger partial charge in [0.15, 0.2) is 12.4 Å². The van der Waals surface area contributed by atoms with Gasteiger partial charge < -0.3 is 0 Å². The number of rotatable bonds is 3. The highest BCUT2D eigenvalue weighted by molar-refractivity contribution is 6.01. The molecule has 0 aliphatic carbocycles. The van der Waals surface area contributed by atoms with Crippen molar-refractivity contribution in [3.05, 3.63) is 134 Å². The maximum Gasteiger partial charge on any atom is 0.219 e. The predicted molar refractivity (Wildman–Crippen MR) is 130 cm³/mol. The first-order valence-electron chi connectivity index (χ1n) is 10.9. The Bertz CT molecular complexity index is 1430. The van der Waals surface area contributed by atoms with Crippen LogP contribution in [0.5, 0.6) is 0 Å². The van der Waals surface area contributed by atoms with Crippen LogP contribution in [0.2, 0.25) is 0 Å². The number of hydrogen-bond donors (Lipinski definition) is 0. The second kappa shape index (κ2) is 7.75. The zero-order valence-electron chi connectivity index (χ0n) is 17.6. The summed E-state index contributed by atoms with van der Waals surface area (Å²) < 4.78 is 4.52. The van der Waals surface area contributed by atoms with Gasteiger partial charge in [-0.15, -0.1) is 0 Å². The van der Waals surface area contributed by atoms with Gasteiger partial charge in [0.1, 0.15) is 0 Å². The van der Waals surface area contributed by atoms with Gasteiger partial charge in [-0.25, -0.2) is 0 Å². The average Bonchev–Trinajstić information content (AvgIpc) is 2.88. The van der Waals surface area contributed by atoms with E-state index in [-0.39, 0.29) is 0 Å². The minimum atomic E-state index is 1.16. The lowest BCUT2D eigenvalue weighted by molar-refractivity contribution is -0.567. The summed E-state index contributed by atoms with van der Waals surface area (Å²) >= 11 is 0. The van der Waals surface area contributed by atoms with Crippen molar-refractivity contribution in [1.82, 2.24) is 0 Å². The molecule has 6 rings (SSSR count). The van der Waals surface area contributed by atoms with Crippen LogP contribution < -0.4 is 9.13 Å². The second-order valence-corrected chi connectivity index (χ2v) is 7.90. The number of fused-ring (bicyclic) bond motifs is 2. The minimum Gasteiger partial charge on any atom is -0.160 e. The Labute approximate surface area is 187 Å². The maximum atomic E-state index is 2.26. The van der Waals surface area contributed by atoms with Gasteiger partial charge in [-0.1, -0.05) is 60.7 Å². The van der Waals surface area contributed by atoms with Gasteiger partial charge in [0.05, 0.1) is 10.8 Å². The van der Waals surface area contributed by atoms with Crippen LogP contribution >= 0.6 is 0 Å². The first kappa shape index (κ1) is 18.5. The van der Waals surface area contributed by atoms with Crippen molar-refractivity contribution in [2.24, 2.45) is 0 Å². The molecule has 0 saturated carbocycles. The molecule has 32 heavy (non-hydrogen) atoms. The fourth-order valence-electron chi connectivity index (χ4n) is 4.56. The molecule has 2 heterocycles. The molecule has 150 valence electrons. The molecular weight excluding hydrogens is 388 g/mol. The van der Waals surface area contributed by atoms with Gasteiger partial charge in [-0.2, -0.15) is 9.13 Å². The Morgan fingerprint density at radius 3 is 1.16 bits per heavy atom. The van der Waals surface area contributed by atoms with Crippen molar-refractivity contribution in [3.8, 4) is 22.5 Å². The molecule has 0 aliphatic heterocycles. The van der Waals surface area contributed by atoms with E-state index < -0.39 is 0 Å². The molecule has 0 atom stereocenters. The maximum absolute atomic E-state index is 2.26. The summed E-state index contributed by atoms with van der Waals surface area (Å²) in [5.74, 6) is 0. The molecule has 2 nitrogen and oxygen atoms in total. The summed E-state index contributed by atoms with van der Waals surface area (Å²) in [6, 6.07) is 42.8. The lowest BCUT2D eigenvalue weighted by Gasteiger charge is -2.10. The van der Waals surface area contributed by atoms with E-state index in [2.05, 4.69) is 143 Å². The average molecular weight is 411 g/mol. The zero-order chi connectivity index (χ0) is 21.3. The molecule has 0 fully saturated rings. The lowest BCUT2D eigenvalue weighted by Crippen LogP contribution is -2.31. The van der Waals surface area contributed by atoms with E-state index in [0.29, 0.717) is 0 Å². The number of nitrogens with zero attached hydrogens (tertiary/aromatic N) is 2. The third kappa shape index (κ3) is 3.05. The van der Waals surface area contributed by atoms with Crippen LogP contribution in [0.1, 0.15) is 0 Å². The molecule has 0 aliphatic rings. The molecule has 2 heteroatoms. The van der Waals surface area contributed by atoms with Gasteiger partial charge in [0.25, 0.3) is 0 Å². The summed E-state index contributed by atoms with van der Waals surface area (Å²) in [5.41, 5.74) is 7.19. The van der Waals surface area contributed by atoms with E-state index in [0.717, 1.165) is 11.4 Å². The molecule has 6 aromatic rings. The summed E-state index contributed by atoms with van der Waals surface area (Å²) in [7, 11) is 0. The van der Waals surface area contributed by atoms with Gasteiger partial charge in [-0.3, -0.25) is 0 Å². The Hall–Kier alpha value is -4.30. The monoisotopic (exact) mass is 410 g/mol. The Kier molecular flexibility index (Phi) is 4.47. The zero-order valence-corrected chi connectivity index (χ0v) is 17.6. The van der Waals surface area contributed by atoms with Crippen LogP contribution in [0, 0.1) is 0 Å². The summed E-state index contributed by atoms with van der Waals surface area (Å²) in [5, 5.41) is 2.47. The van der Waals surface area contributed by atoms with E-state index in [1.54, 1.807) is 0 Å². The van der Waals surface area contributed by atoms with Crippen LogP contribution in [-0.2, 0) is 0 Å². The Balaban J connectivity index is 1.62. The topological polar surface area (TPSA) is 7.76 Å². The molecule has 0 unspecified atom stereocenters. The van der Waals surface area contributed by atoms with Gasteiger partial charge in [0.2, 0.25) is 22.4 Å². The first-order chi connectivity index (χ1) is 15.9. The van der Waals surface area contributed by atoms with E-state index in [9.17, 15) is 0 Å². The van der Waals surface area contributed by atoms with Crippen molar-refractivity contribution in [1.29, 1.82) is 0 Å². The first-order valence-corrected chi connectivity index (χ1v) is 10.9. The lowest BCUT2D eigenvalue weighted by atomic mass is 9.97. The molecule has 0 bridgehead atoms. The number of aromatic nitrogens is 2. The van der Waals surface area contributed by atoms with E-state index in [1.165, 1.54) is 32.9 Å². The molecule has 0 saturated heterocycles. The minimum absolute atomic E-state index is 1.16. The quantitative estimate of drug-likeness (QED) is 0.306. The highest BCUT2D eigenvalue weighted by Gasteiger charge is 2.20.